The third kappa shape index (κ3) is 5.71. The van der Waals surface area contributed by atoms with E-state index in [2.05, 4.69) is 33.8 Å². The first-order valence-corrected chi connectivity index (χ1v) is 10.2. The molecule has 1 heterocycles. The van der Waals surface area contributed by atoms with Gasteiger partial charge in [0.1, 0.15) is 11.9 Å². The zero-order valence-electron chi connectivity index (χ0n) is 17.4. The number of aromatic hydroxyl groups is 1. The van der Waals surface area contributed by atoms with Gasteiger partial charge in [-0.05, 0) is 68.7 Å². The van der Waals surface area contributed by atoms with Crippen LogP contribution >= 0.6 is 0 Å². The molecule has 2 aliphatic rings. The molecule has 1 saturated heterocycles. The van der Waals surface area contributed by atoms with Crippen molar-refractivity contribution in [1.82, 2.24) is 0 Å². The molecule has 1 aromatic carbocycles. The maximum absolute atomic E-state index is 12.4. The lowest BCUT2D eigenvalue weighted by Gasteiger charge is -2.29. The summed E-state index contributed by atoms with van der Waals surface area (Å²) >= 11 is 0. The van der Waals surface area contributed by atoms with Crippen LogP contribution in [-0.4, -0.2) is 28.9 Å². The summed E-state index contributed by atoms with van der Waals surface area (Å²) in [6.07, 6.45) is 10.2. The number of esters is 1. The Morgan fingerprint density at radius 3 is 2.64 bits per heavy atom. The van der Waals surface area contributed by atoms with Crippen molar-refractivity contribution in [3.05, 3.63) is 47.6 Å². The first kappa shape index (κ1) is 20.7. The maximum Gasteiger partial charge on any atom is 0.331 e. The Bertz CT molecular complexity index is 759. The summed E-state index contributed by atoms with van der Waals surface area (Å²) in [5.74, 6) is -0.132. The van der Waals surface area contributed by atoms with E-state index in [1.165, 1.54) is 11.6 Å². The van der Waals surface area contributed by atoms with Crippen LogP contribution in [0.1, 0.15) is 65.4 Å². The van der Waals surface area contributed by atoms with Gasteiger partial charge in [0.15, 0.2) is 0 Å². The van der Waals surface area contributed by atoms with Crippen LogP contribution in [0.5, 0.6) is 5.75 Å². The number of hydrogen-bond acceptors (Lipinski definition) is 4. The molecule has 28 heavy (non-hydrogen) atoms. The molecule has 1 N–H and O–H groups in total. The predicted molar refractivity (Wildman–Crippen MR) is 111 cm³/mol. The van der Waals surface area contributed by atoms with Crippen LogP contribution in [0.3, 0.4) is 0 Å². The number of carbonyl (C=O) groups is 1. The average molecular weight is 385 g/mol. The Morgan fingerprint density at radius 2 is 1.93 bits per heavy atom. The molecule has 1 aliphatic carbocycles. The highest BCUT2D eigenvalue weighted by Gasteiger charge is 2.53. The smallest absolute Gasteiger partial charge is 0.331 e. The lowest BCUT2D eigenvalue weighted by molar-refractivity contribution is -0.145. The van der Waals surface area contributed by atoms with Crippen molar-refractivity contribution in [2.75, 3.05) is 0 Å². The third-order valence-corrected chi connectivity index (χ3v) is 5.84. The second kappa shape index (κ2) is 8.12. The fourth-order valence-electron chi connectivity index (χ4n) is 4.01. The second-order valence-corrected chi connectivity index (χ2v) is 9.27. The summed E-state index contributed by atoms with van der Waals surface area (Å²) in [5, 5.41) is 9.35. The number of rotatable bonds is 3. The number of phenols is 1. The Kier molecular flexibility index (Phi) is 5.99. The van der Waals surface area contributed by atoms with E-state index in [4.69, 9.17) is 9.47 Å². The SMILES string of the molecule is CC1=CCC(C)(C)C[C@@H](OC(=O)C=Cc2ccc(O)cc2)C[C@]2(C)O[C@H]2CC1. The number of carbonyl (C=O) groups excluding carboxylic acids is 1. The van der Waals surface area contributed by atoms with Gasteiger partial charge in [-0.25, -0.2) is 4.79 Å². The number of phenolic OH excluding ortho intramolecular Hbond substituents is 1. The number of ether oxygens (including phenoxy) is 2. The van der Waals surface area contributed by atoms with Crippen molar-refractivity contribution in [2.24, 2.45) is 5.41 Å². The monoisotopic (exact) mass is 384 g/mol. The minimum atomic E-state index is -0.337. The highest BCUT2D eigenvalue weighted by Crippen LogP contribution is 2.46. The molecule has 0 radical (unpaired) electrons. The fraction of sp³-hybridized carbons (Fsp3) is 0.542. The topological polar surface area (TPSA) is 59.1 Å². The Morgan fingerprint density at radius 1 is 1.21 bits per heavy atom. The molecule has 3 atom stereocenters. The number of allylic oxidation sites excluding steroid dienone is 2. The van der Waals surface area contributed by atoms with Crippen LogP contribution in [0.15, 0.2) is 42.0 Å². The number of hydrogen-bond donors (Lipinski definition) is 1. The van der Waals surface area contributed by atoms with Gasteiger partial charge in [-0.15, -0.1) is 0 Å². The second-order valence-electron chi connectivity index (χ2n) is 9.27. The van der Waals surface area contributed by atoms with Crippen molar-refractivity contribution in [3.63, 3.8) is 0 Å². The molecule has 0 amide bonds. The highest BCUT2D eigenvalue weighted by atomic mass is 16.6. The van der Waals surface area contributed by atoms with Crippen LogP contribution in [-0.2, 0) is 14.3 Å². The lowest BCUT2D eigenvalue weighted by atomic mass is 9.81. The Labute approximate surface area is 168 Å². The van der Waals surface area contributed by atoms with Crippen molar-refractivity contribution in [2.45, 2.75) is 77.6 Å². The van der Waals surface area contributed by atoms with Gasteiger partial charge in [-0.2, -0.15) is 0 Å². The van der Waals surface area contributed by atoms with Crippen molar-refractivity contribution >= 4 is 12.0 Å². The van der Waals surface area contributed by atoms with Gasteiger partial charge in [0.25, 0.3) is 0 Å². The molecule has 0 saturated carbocycles. The molecule has 1 aliphatic heterocycles. The molecule has 3 rings (SSSR count). The Hall–Kier alpha value is -2.07. The number of epoxide rings is 1. The van der Waals surface area contributed by atoms with Crippen molar-refractivity contribution in [1.29, 1.82) is 0 Å². The number of benzene rings is 1. The summed E-state index contributed by atoms with van der Waals surface area (Å²) in [6, 6.07) is 6.71. The molecule has 0 aromatic heterocycles. The zero-order chi connectivity index (χ0) is 20.4. The van der Waals surface area contributed by atoms with E-state index >= 15 is 0 Å². The summed E-state index contributed by atoms with van der Waals surface area (Å²) in [5.41, 5.74) is 2.12. The zero-order valence-corrected chi connectivity index (χ0v) is 17.4. The first-order chi connectivity index (χ1) is 13.2. The summed E-state index contributed by atoms with van der Waals surface area (Å²) < 4.78 is 11.8. The molecule has 4 nitrogen and oxygen atoms in total. The van der Waals surface area contributed by atoms with E-state index < -0.39 is 0 Å². The van der Waals surface area contributed by atoms with Gasteiger partial charge in [-0.1, -0.05) is 37.6 Å². The van der Waals surface area contributed by atoms with Crippen LogP contribution in [0.4, 0.5) is 0 Å². The van der Waals surface area contributed by atoms with Gasteiger partial charge in [0.2, 0.25) is 0 Å². The van der Waals surface area contributed by atoms with Gasteiger partial charge >= 0.3 is 5.97 Å². The van der Waals surface area contributed by atoms with Crippen molar-refractivity contribution < 1.29 is 19.4 Å². The van der Waals surface area contributed by atoms with E-state index in [9.17, 15) is 9.90 Å². The quantitative estimate of drug-likeness (QED) is 0.327. The van der Waals surface area contributed by atoms with E-state index in [0.29, 0.717) is 0 Å². The van der Waals surface area contributed by atoms with Crippen LogP contribution in [0.2, 0.25) is 0 Å². The molecule has 0 spiro atoms. The standard InChI is InChI=1S/C24H32O4/c1-17-5-11-21-24(4,28-21)16-20(15-23(2,3)14-13-17)27-22(26)12-8-18-6-9-19(25)10-7-18/h6-10,12-13,20-21,25H,5,11,14-16H2,1-4H3/t20-,21+,24+/m1/s1. The largest absolute Gasteiger partial charge is 0.508 e. The molecule has 0 unspecified atom stereocenters. The predicted octanol–water partition coefficient (Wildman–Crippen LogP) is 5.41. The molecular weight excluding hydrogens is 352 g/mol. The highest BCUT2D eigenvalue weighted by molar-refractivity contribution is 5.87. The van der Waals surface area contributed by atoms with E-state index in [0.717, 1.165) is 37.7 Å². The van der Waals surface area contributed by atoms with Gasteiger partial charge in [0.05, 0.1) is 11.7 Å². The molecule has 1 aromatic rings. The first-order valence-electron chi connectivity index (χ1n) is 10.2. The third-order valence-electron chi connectivity index (χ3n) is 5.84. The molecule has 1 fully saturated rings. The molecule has 0 bridgehead atoms. The van der Waals surface area contributed by atoms with Gasteiger partial charge in [-0.3, -0.25) is 0 Å². The van der Waals surface area contributed by atoms with Crippen molar-refractivity contribution in [3.8, 4) is 5.75 Å². The average Bonchev–Trinajstić information content (AvgIpc) is 3.26. The maximum atomic E-state index is 12.4. The van der Waals surface area contributed by atoms with Gasteiger partial charge in [0, 0.05) is 12.5 Å². The van der Waals surface area contributed by atoms with Crippen LogP contribution in [0.25, 0.3) is 6.08 Å². The normalized spacial score (nSPS) is 30.1. The summed E-state index contributed by atoms with van der Waals surface area (Å²) in [4.78, 5) is 12.4. The lowest BCUT2D eigenvalue weighted by Crippen LogP contribution is -2.29. The summed E-state index contributed by atoms with van der Waals surface area (Å²) in [6.45, 7) is 8.79. The van der Waals surface area contributed by atoms with Crippen LogP contribution in [0, 0.1) is 5.41 Å². The Balaban J connectivity index is 1.68. The fourth-order valence-corrected chi connectivity index (χ4v) is 4.01. The molecule has 152 valence electrons. The van der Waals surface area contributed by atoms with Crippen LogP contribution < -0.4 is 0 Å². The minimum Gasteiger partial charge on any atom is -0.508 e. The minimum absolute atomic E-state index is 0.0535. The van der Waals surface area contributed by atoms with Gasteiger partial charge < -0.3 is 14.6 Å². The van der Waals surface area contributed by atoms with E-state index in [1.54, 1.807) is 30.3 Å². The van der Waals surface area contributed by atoms with E-state index in [-0.39, 0.29) is 34.9 Å². The molecule has 4 heteroatoms. The summed E-state index contributed by atoms with van der Waals surface area (Å²) in [7, 11) is 0. The molecular formula is C24H32O4. The number of fused-ring (bicyclic) bond motifs is 1. The van der Waals surface area contributed by atoms with E-state index in [1.807, 2.05) is 0 Å².